The van der Waals surface area contributed by atoms with Crippen molar-refractivity contribution in [3.63, 3.8) is 0 Å². The molecule has 0 aromatic heterocycles. The van der Waals surface area contributed by atoms with Crippen molar-refractivity contribution in [1.29, 1.82) is 0 Å². The number of carbonyl (C=O) groups excluding carboxylic acids is 1. The van der Waals surface area contributed by atoms with Crippen molar-refractivity contribution in [1.82, 2.24) is 0 Å². The van der Waals surface area contributed by atoms with Crippen LogP contribution in [-0.4, -0.2) is 21.5 Å². The first-order valence-corrected chi connectivity index (χ1v) is 11.0. The van der Waals surface area contributed by atoms with E-state index in [4.69, 9.17) is 11.6 Å². The number of nitrogens with one attached hydrogen (secondary N) is 1. The van der Waals surface area contributed by atoms with Gasteiger partial charge in [-0.05, 0) is 42.1 Å². The molecule has 154 valence electrons. The quantitative estimate of drug-likeness (QED) is 0.451. The van der Waals surface area contributed by atoms with Crippen molar-refractivity contribution >= 4 is 44.1 Å². The standard InChI is InChI=1S/C23H20ClNO4S/c1-16-11-14-22(20-9-5-4-8-19(16)20)30(27,28)25-21-13-12-18(24)15-17(21)7-3-6-10-23(26)29-2/h4-5,8-9,11-15,25H,6,10H2,1-2H3. The van der Waals surface area contributed by atoms with Crippen LogP contribution in [0.2, 0.25) is 5.02 Å². The Morgan fingerprint density at radius 2 is 1.83 bits per heavy atom. The fraction of sp³-hybridized carbons (Fsp3) is 0.174. The molecule has 0 saturated heterocycles. The summed E-state index contributed by atoms with van der Waals surface area (Å²) in [6.45, 7) is 1.94. The van der Waals surface area contributed by atoms with Crippen molar-refractivity contribution in [2.75, 3.05) is 11.8 Å². The summed E-state index contributed by atoms with van der Waals surface area (Å²) >= 11 is 6.07. The van der Waals surface area contributed by atoms with Crippen molar-refractivity contribution in [3.8, 4) is 11.8 Å². The third-order valence-electron chi connectivity index (χ3n) is 4.52. The van der Waals surface area contributed by atoms with Gasteiger partial charge in [0.25, 0.3) is 10.0 Å². The molecule has 7 heteroatoms. The van der Waals surface area contributed by atoms with Gasteiger partial charge in [0.15, 0.2) is 0 Å². The molecule has 5 nitrogen and oxygen atoms in total. The Bertz CT molecular complexity index is 1270. The van der Waals surface area contributed by atoms with E-state index in [-0.39, 0.29) is 23.7 Å². The monoisotopic (exact) mass is 441 g/mol. The number of hydrogen-bond acceptors (Lipinski definition) is 4. The number of sulfonamides is 1. The molecule has 0 heterocycles. The van der Waals surface area contributed by atoms with Crippen LogP contribution in [0.4, 0.5) is 5.69 Å². The van der Waals surface area contributed by atoms with Crippen molar-refractivity contribution in [3.05, 3.63) is 70.7 Å². The lowest BCUT2D eigenvalue weighted by Crippen LogP contribution is -2.14. The zero-order valence-electron chi connectivity index (χ0n) is 16.5. The van der Waals surface area contributed by atoms with Crippen LogP contribution in [0.3, 0.4) is 0 Å². The highest BCUT2D eigenvalue weighted by Crippen LogP contribution is 2.29. The van der Waals surface area contributed by atoms with Gasteiger partial charge in [0.1, 0.15) is 0 Å². The number of halogens is 1. The lowest BCUT2D eigenvalue weighted by molar-refractivity contribution is -0.140. The smallest absolute Gasteiger partial charge is 0.306 e. The van der Waals surface area contributed by atoms with E-state index in [2.05, 4.69) is 21.3 Å². The first-order chi connectivity index (χ1) is 14.3. The fourth-order valence-corrected chi connectivity index (χ4v) is 4.45. The molecule has 0 spiro atoms. The molecular formula is C23H20ClNO4S. The van der Waals surface area contributed by atoms with Crippen molar-refractivity contribution in [2.45, 2.75) is 24.7 Å². The highest BCUT2D eigenvalue weighted by atomic mass is 35.5. The van der Waals surface area contributed by atoms with E-state index in [0.717, 1.165) is 10.9 Å². The predicted octanol–water partition coefficient (Wildman–Crippen LogP) is 4.91. The molecule has 1 N–H and O–H groups in total. The maximum Gasteiger partial charge on any atom is 0.306 e. The maximum absolute atomic E-state index is 13.2. The number of rotatable bonds is 5. The minimum absolute atomic E-state index is 0.153. The molecule has 0 fully saturated rings. The number of fused-ring (bicyclic) bond motifs is 1. The average Bonchev–Trinajstić information content (AvgIpc) is 2.73. The second kappa shape index (κ2) is 9.21. The van der Waals surface area contributed by atoms with E-state index >= 15 is 0 Å². The largest absolute Gasteiger partial charge is 0.469 e. The summed E-state index contributed by atoms with van der Waals surface area (Å²) in [5.74, 6) is 5.38. The van der Waals surface area contributed by atoms with Crippen molar-refractivity contribution in [2.24, 2.45) is 0 Å². The van der Waals surface area contributed by atoms with Gasteiger partial charge in [-0.3, -0.25) is 9.52 Å². The topological polar surface area (TPSA) is 72.5 Å². The lowest BCUT2D eigenvalue weighted by Gasteiger charge is -2.13. The summed E-state index contributed by atoms with van der Waals surface area (Å²) in [7, 11) is -2.56. The first kappa shape index (κ1) is 21.7. The Morgan fingerprint density at radius 3 is 2.57 bits per heavy atom. The Labute approximate surface area is 181 Å². The molecule has 0 saturated carbocycles. The van der Waals surface area contributed by atoms with Gasteiger partial charge in [-0.1, -0.05) is 53.8 Å². The molecule has 0 radical (unpaired) electrons. The second-order valence-corrected chi connectivity index (χ2v) is 8.69. The van der Waals surface area contributed by atoms with E-state index < -0.39 is 10.0 Å². The first-order valence-electron chi connectivity index (χ1n) is 9.18. The van der Waals surface area contributed by atoms with E-state index in [9.17, 15) is 13.2 Å². The molecule has 0 aliphatic rings. The van der Waals surface area contributed by atoms with Crippen LogP contribution < -0.4 is 4.72 Å². The minimum Gasteiger partial charge on any atom is -0.469 e. The molecule has 3 rings (SSSR count). The van der Waals surface area contributed by atoms with Crippen LogP contribution in [0.15, 0.2) is 59.5 Å². The summed E-state index contributed by atoms with van der Waals surface area (Å²) in [6, 6.07) is 15.5. The van der Waals surface area contributed by atoms with Gasteiger partial charge in [-0.2, -0.15) is 0 Å². The Hall–Kier alpha value is -3.01. The highest BCUT2D eigenvalue weighted by molar-refractivity contribution is 7.93. The number of anilines is 1. The molecular weight excluding hydrogens is 422 g/mol. The zero-order valence-corrected chi connectivity index (χ0v) is 18.1. The number of ether oxygens (including phenoxy) is 1. The van der Waals surface area contributed by atoms with Crippen molar-refractivity contribution < 1.29 is 17.9 Å². The minimum atomic E-state index is -3.88. The Morgan fingerprint density at radius 1 is 1.10 bits per heavy atom. The molecule has 30 heavy (non-hydrogen) atoms. The van der Waals surface area contributed by atoms with Gasteiger partial charge in [-0.25, -0.2) is 8.42 Å². The molecule has 0 atom stereocenters. The van der Waals surface area contributed by atoms with Crippen LogP contribution in [0.5, 0.6) is 0 Å². The second-order valence-electron chi connectivity index (χ2n) is 6.60. The summed E-state index contributed by atoms with van der Waals surface area (Å²) in [5.41, 5.74) is 1.73. The molecule has 0 aliphatic carbocycles. The van der Waals surface area contributed by atoms with Gasteiger partial charge in [-0.15, -0.1) is 0 Å². The van der Waals surface area contributed by atoms with E-state index in [1.165, 1.54) is 7.11 Å². The number of methoxy groups -OCH3 is 1. The maximum atomic E-state index is 13.2. The molecule has 3 aromatic carbocycles. The Balaban J connectivity index is 1.96. The molecule has 0 bridgehead atoms. The number of aryl methyl sites for hydroxylation is 1. The van der Waals surface area contributed by atoms with E-state index in [0.29, 0.717) is 21.7 Å². The van der Waals surface area contributed by atoms with E-state index in [1.54, 1.807) is 42.5 Å². The Kier molecular flexibility index (Phi) is 6.66. The third kappa shape index (κ3) is 4.93. The molecule has 0 unspecified atom stereocenters. The highest BCUT2D eigenvalue weighted by Gasteiger charge is 2.19. The summed E-state index contributed by atoms with van der Waals surface area (Å²) < 4.78 is 33.5. The van der Waals surface area contributed by atoms with Gasteiger partial charge < -0.3 is 4.74 Å². The zero-order chi connectivity index (χ0) is 21.7. The van der Waals surface area contributed by atoms with Crippen LogP contribution in [0.1, 0.15) is 24.0 Å². The number of carbonyl (C=O) groups is 1. The number of esters is 1. The van der Waals surface area contributed by atoms with Crippen LogP contribution in [0, 0.1) is 18.8 Å². The summed E-state index contributed by atoms with van der Waals surface area (Å²) in [6.07, 6.45) is 0.439. The number of hydrogen-bond donors (Lipinski definition) is 1. The SMILES string of the molecule is COC(=O)CCC#Cc1cc(Cl)ccc1NS(=O)(=O)c1ccc(C)c2ccccc12. The van der Waals surface area contributed by atoms with Gasteiger partial charge >= 0.3 is 5.97 Å². The van der Waals surface area contributed by atoms with Gasteiger partial charge in [0.05, 0.1) is 29.7 Å². The average molecular weight is 442 g/mol. The molecule has 0 amide bonds. The van der Waals surface area contributed by atoms with Gasteiger partial charge in [0.2, 0.25) is 0 Å². The summed E-state index contributed by atoms with van der Waals surface area (Å²) in [5, 5.41) is 1.94. The molecule has 3 aromatic rings. The molecule has 0 aliphatic heterocycles. The van der Waals surface area contributed by atoms with Crippen LogP contribution in [0.25, 0.3) is 10.8 Å². The number of benzene rings is 3. The fourth-order valence-electron chi connectivity index (χ4n) is 2.99. The van der Waals surface area contributed by atoms with Crippen LogP contribution in [-0.2, 0) is 19.6 Å². The van der Waals surface area contributed by atoms with Crippen LogP contribution >= 0.6 is 11.6 Å². The van der Waals surface area contributed by atoms with E-state index in [1.807, 2.05) is 19.1 Å². The van der Waals surface area contributed by atoms with Gasteiger partial charge in [0, 0.05) is 16.8 Å². The normalized spacial score (nSPS) is 10.9. The summed E-state index contributed by atoms with van der Waals surface area (Å²) in [4.78, 5) is 11.4. The lowest BCUT2D eigenvalue weighted by atomic mass is 10.1. The predicted molar refractivity (Wildman–Crippen MR) is 119 cm³/mol. The third-order valence-corrected chi connectivity index (χ3v) is 6.18.